The molecule has 0 unspecified atom stereocenters. The molecule has 14 nitrogen and oxygen atoms in total. The van der Waals surface area contributed by atoms with Gasteiger partial charge in [-0.2, -0.15) is 5.21 Å². The molecule has 0 aliphatic rings. The van der Waals surface area contributed by atoms with Gasteiger partial charge in [-0.1, -0.05) is 72.8 Å². The van der Waals surface area contributed by atoms with E-state index in [0.29, 0.717) is 28.2 Å². The summed E-state index contributed by atoms with van der Waals surface area (Å²) in [6.45, 7) is -0.428. The van der Waals surface area contributed by atoms with Crippen LogP contribution in [0.4, 0.5) is 5.69 Å². The molecule has 0 saturated carbocycles. The number of hydrogen-bond acceptors (Lipinski definition) is 10. The van der Waals surface area contributed by atoms with E-state index < -0.39 is 59.5 Å². The van der Waals surface area contributed by atoms with Crippen LogP contribution in [-0.4, -0.2) is 67.3 Å². The van der Waals surface area contributed by atoms with Gasteiger partial charge in [-0.3, -0.25) is 19.2 Å². The lowest BCUT2D eigenvalue weighted by molar-refractivity contribution is -0.125. The quantitative estimate of drug-likeness (QED) is 0.118. The van der Waals surface area contributed by atoms with Crippen molar-refractivity contribution in [3.8, 4) is 11.4 Å². The predicted molar refractivity (Wildman–Crippen MR) is 164 cm³/mol. The number of H-pyrrole nitrogens is 1. The number of hydrogen-bond donors (Lipinski definition) is 6. The minimum absolute atomic E-state index is 0.0315. The molecule has 6 N–H and O–H groups in total. The van der Waals surface area contributed by atoms with Crippen molar-refractivity contribution >= 4 is 23.4 Å². The van der Waals surface area contributed by atoms with Crippen LogP contribution in [0.1, 0.15) is 38.3 Å². The molecule has 2 aromatic heterocycles. The van der Waals surface area contributed by atoms with Crippen molar-refractivity contribution in [3.05, 3.63) is 130 Å². The number of rotatable bonds is 12. The first kappa shape index (κ1) is 31.4. The molecule has 5 aromatic rings. The van der Waals surface area contributed by atoms with Crippen LogP contribution >= 0.6 is 0 Å². The van der Waals surface area contributed by atoms with Gasteiger partial charge in [0.25, 0.3) is 17.7 Å². The first-order chi connectivity index (χ1) is 22.3. The summed E-state index contributed by atoms with van der Waals surface area (Å²) in [7, 11) is 0. The topological polar surface area (TPSA) is 212 Å². The average Bonchev–Trinajstić information content (AvgIpc) is 3.62. The fourth-order valence-electron chi connectivity index (χ4n) is 4.62. The first-order valence-corrected chi connectivity index (χ1v) is 14.1. The van der Waals surface area contributed by atoms with E-state index in [4.69, 9.17) is 4.42 Å². The summed E-state index contributed by atoms with van der Waals surface area (Å²) in [6.07, 6.45) is -1.73. The minimum Gasteiger partial charge on any atom is -0.445 e. The Bertz CT molecular complexity index is 1850. The van der Waals surface area contributed by atoms with Gasteiger partial charge in [0, 0.05) is 23.4 Å². The largest absolute Gasteiger partial charge is 0.445 e. The summed E-state index contributed by atoms with van der Waals surface area (Å²) in [6, 6.07) is 23.9. The highest BCUT2D eigenvalue weighted by molar-refractivity contribution is 5.97. The number of tetrazole rings is 1. The van der Waals surface area contributed by atoms with Gasteiger partial charge >= 0.3 is 0 Å². The van der Waals surface area contributed by atoms with Gasteiger partial charge in [-0.25, -0.2) is 0 Å². The van der Waals surface area contributed by atoms with Crippen LogP contribution in [0.5, 0.6) is 0 Å². The zero-order chi connectivity index (χ0) is 32.5. The Morgan fingerprint density at radius 1 is 0.848 bits per heavy atom. The zero-order valence-corrected chi connectivity index (χ0v) is 24.2. The number of nitrogens with zero attached hydrogens (tertiary/aromatic N) is 3. The highest BCUT2D eigenvalue weighted by Gasteiger charge is 2.30. The van der Waals surface area contributed by atoms with Gasteiger partial charge in [0.1, 0.15) is 0 Å². The van der Waals surface area contributed by atoms with Gasteiger partial charge in [0.05, 0.1) is 18.7 Å². The molecule has 0 spiro atoms. The number of carbonyl (C=O) groups is 3. The van der Waals surface area contributed by atoms with Crippen LogP contribution < -0.4 is 21.4 Å². The molecule has 0 fully saturated rings. The summed E-state index contributed by atoms with van der Waals surface area (Å²) in [5.74, 6) is -3.28. The fourth-order valence-corrected chi connectivity index (χ4v) is 4.62. The second-order valence-electron chi connectivity index (χ2n) is 10.2. The average molecular weight is 624 g/mol. The third-order valence-electron chi connectivity index (χ3n) is 6.90. The molecule has 3 amide bonds. The van der Waals surface area contributed by atoms with Crippen LogP contribution in [0.2, 0.25) is 0 Å². The maximum absolute atomic E-state index is 13.4. The van der Waals surface area contributed by atoms with Crippen LogP contribution in [0, 0.1) is 0 Å². The van der Waals surface area contributed by atoms with Crippen molar-refractivity contribution in [2.75, 3.05) is 11.9 Å². The number of anilines is 1. The molecule has 0 aliphatic heterocycles. The summed E-state index contributed by atoms with van der Waals surface area (Å²) < 4.78 is 5.49. The third-order valence-corrected chi connectivity index (χ3v) is 6.90. The molecule has 3 atom stereocenters. The Balaban J connectivity index is 1.34. The van der Waals surface area contributed by atoms with E-state index in [1.807, 2.05) is 0 Å². The van der Waals surface area contributed by atoms with Crippen LogP contribution in [0.3, 0.4) is 0 Å². The summed E-state index contributed by atoms with van der Waals surface area (Å²) in [5, 5.41) is 42.4. The SMILES string of the molecule is O=C(N[C@@H](CO)c1ccccc1)c1cc(=O)cc(C(=O)N[C@@H](Cc2ccccc2)[C@H](O)C(=O)Nc2cccc(-c3nn[nH]n3)c2)o1. The van der Waals surface area contributed by atoms with Crippen molar-refractivity contribution in [2.45, 2.75) is 24.6 Å². The fraction of sp³-hybridized carbons (Fsp3) is 0.156. The van der Waals surface area contributed by atoms with E-state index >= 15 is 0 Å². The monoisotopic (exact) mass is 623 g/mol. The Hall–Kier alpha value is -5.99. The van der Waals surface area contributed by atoms with Crippen LogP contribution in [0.15, 0.2) is 106 Å². The molecule has 3 aromatic carbocycles. The number of aliphatic hydroxyl groups is 2. The molecule has 234 valence electrons. The van der Waals surface area contributed by atoms with Crippen LogP contribution in [0.25, 0.3) is 11.4 Å². The summed E-state index contributed by atoms with van der Waals surface area (Å²) in [4.78, 5) is 52.0. The smallest absolute Gasteiger partial charge is 0.287 e. The third kappa shape index (κ3) is 7.93. The second kappa shape index (κ2) is 14.7. The molecule has 14 heteroatoms. The predicted octanol–water partition coefficient (Wildman–Crippen LogP) is 1.62. The highest BCUT2D eigenvalue weighted by Crippen LogP contribution is 2.19. The maximum Gasteiger partial charge on any atom is 0.287 e. The standard InChI is InChI=1S/C32H29N7O7/c40-18-25(20-10-5-2-6-11-20)35-31(44)27-17-23(41)16-26(46-27)30(43)34-24(14-19-8-3-1-4-9-19)28(42)32(45)33-22-13-7-12-21(15-22)29-36-38-39-37-29/h1-13,15-17,24-25,28,40,42H,14,18H2,(H,33,45)(H,34,43)(H,35,44)(H,36,37,38,39)/t24-,25-,28-/m0/s1. The second-order valence-corrected chi connectivity index (χ2v) is 10.2. The molecular formula is C32H29N7O7. The molecule has 0 radical (unpaired) electrons. The molecule has 0 saturated heterocycles. The number of amides is 3. The van der Waals surface area contributed by atoms with Gasteiger partial charge < -0.3 is 30.6 Å². The van der Waals surface area contributed by atoms with Gasteiger partial charge in [0.2, 0.25) is 5.82 Å². The summed E-state index contributed by atoms with van der Waals surface area (Å²) in [5.41, 5.74) is 1.51. The van der Waals surface area contributed by atoms with E-state index in [9.17, 15) is 29.4 Å². The highest BCUT2D eigenvalue weighted by atomic mass is 16.4. The number of aromatic nitrogens is 4. The number of aliphatic hydroxyl groups excluding tert-OH is 2. The Kier molecular flexibility index (Phi) is 10.0. The summed E-state index contributed by atoms with van der Waals surface area (Å²) >= 11 is 0. The molecule has 5 rings (SSSR count). The Morgan fingerprint density at radius 3 is 2.17 bits per heavy atom. The minimum atomic E-state index is -1.76. The Labute approximate surface area is 261 Å². The van der Waals surface area contributed by atoms with Crippen molar-refractivity contribution in [1.29, 1.82) is 0 Å². The normalized spacial score (nSPS) is 12.8. The molecular weight excluding hydrogens is 594 g/mol. The van der Waals surface area contributed by atoms with E-state index in [1.165, 1.54) is 0 Å². The van der Waals surface area contributed by atoms with Crippen molar-refractivity contribution in [1.82, 2.24) is 31.3 Å². The van der Waals surface area contributed by atoms with Crippen molar-refractivity contribution in [3.63, 3.8) is 0 Å². The number of nitrogens with one attached hydrogen (secondary N) is 4. The molecule has 2 heterocycles. The number of carbonyl (C=O) groups excluding carboxylic acids is 3. The van der Waals surface area contributed by atoms with Gasteiger partial charge in [-0.15, -0.1) is 10.2 Å². The molecule has 0 aliphatic carbocycles. The van der Waals surface area contributed by atoms with E-state index in [2.05, 4.69) is 36.6 Å². The van der Waals surface area contributed by atoms with Crippen LogP contribution in [-0.2, 0) is 11.2 Å². The molecule has 46 heavy (non-hydrogen) atoms. The maximum atomic E-state index is 13.4. The van der Waals surface area contributed by atoms with Gasteiger partial charge in [-0.05, 0) is 34.9 Å². The van der Waals surface area contributed by atoms with Crippen molar-refractivity contribution < 1.29 is 29.0 Å². The lowest BCUT2D eigenvalue weighted by Crippen LogP contribution is -2.50. The first-order valence-electron chi connectivity index (χ1n) is 14.1. The number of benzene rings is 3. The van der Waals surface area contributed by atoms with E-state index in [-0.39, 0.29) is 6.42 Å². The lowest BCUT2D eigenvalue weighted by atomic mass is 10.00. The van der Waals surface area contributed by atoms with E-state index in [0.717, 1.165) is 12.1 Å². The van der Waals surface area contributed by atoms with Crippen molar-refractivity contribution in [2.24, 2.45) is 0 Å². The zero-order valence-electron chi connectivity index (χ0n) is 24.2. The molecule has 0 bridgehead atoms. The Morgan fingerprint density at radius 2 is 1.52 bits per heavy atom. The van der Waals surface area contributed by atoms with E-state index in [1.54, 1.807) is 84.9 Å². The van der Waals surface area contributed by atoms with Gasteiger partial charge in [0.15, 0.2) is 23.1 Å². The lowest BCUT2D eigenvalue weighted by Gasteiger charge is -2.24. The number of aromatic amines is 1.